The number of benzene rings is 2. The van der Waals surface area contributed by atoms with E-state index in [1.165, 1.54) is 0 Å². The predicted octanol–water partition coefficient (Wildman–Crippen LogP) is 3.93. The van der Waals surface area contributed by atoms with Crippen molar-refractivity contribution in [3.63, 3.8) is 0 Å². The van der Waals surface area contributed by atoms with Crippen LogP contribution in [0.5, 0.6) is 11.5 Å². The summed E-state index contributed by atoms with van der Waals surface area (Å²) in [5, 5.41) is 0.633. The maximum Gasteiger partial charge on any atom is 0.163 e. The van der Waals surface area contributed by atoms with Crippen LogP contribution in [0.4, 0.5) is 0 Å². The Bertz CT molecular complexity index is 483. The molecule has 0 atom stereocenters. The Morgan fingerprint density at radius 1 is 1.00 bits per heavy atom. The van der Waals surface area contributed by atoms with Gasteiger partial charge in [0.15, 0.2) is 11.5 Å². The molecule has 2 rings (SSSR count). The Morgan fingerprint density at radius 3 is 2.47 bits per heavy atom. The molecule has 0 aliphatic heterocycles. The second-order valence-electron chi connectivity index (χ2n) is 3.57. The van der Waals surface area contributed by atoms with Crippen LogP contribution in [0, 0.1) is 0 Å². The maximum absolute atomic E-state index is 5.92. The first-order chi connectivity index (χ1) is 8.29. The topological polar surface area (TPSA) is 18.5 Å². The lowest BCUT2D eigenvalue weighted by molar-refractivity contribution is 0.284. The van der Waals surface area contributed by atoms with E-state index in [1.54, 1.807) is 25.3 Å². The number of hydrogen-bond donors (Lipinski definition) is 0. The van der Waals surface area contributed by atoms with Crippen molar-refractivity contribution in [3.05, 3.63) is 59.1 Å². The van der Waals surface area contributed by atoms with Gasteiger partial charge in [-0.2, -0.15) is 0 Å². The Labute approximate surface area is 106 Å². The molecule has 0 unspecified atom stereocenters. The predicted molar refractivity (Wildman–Crippen MR) is 68.8 cm³/mol. The zero-order valence-electron chi connectivity index (χ0n) is 9.52. The van der Waals surface area contributed by atoms with Crippen LogP contribution in [0.25, 0.3) is 0 Å². The van der Waals surface area contributed by atoms with Gasteiger partial charge in [0, 0.05) is 11.1 Å². The summed E-state index contributed by atoms with van der Waals surface area (Å²) in [5.41, 5.74) is 1.11. The van der Waals surface area contributed by atoms with E-state index in [4.69, 9.17) is 21.1 Å². The SMILES string of the molecule is COc1ccc(Cl)cc1OCc1ccccc1. The first-order valence-electron chi connectivity index (χ1n) is 5.30. The van der Waals surface area contributed by atoms with Gasteiger partial charge in [-0.1, -0.05) is 41.9 Å². The number of rotatable bonds is 4. The van der Waals surface area contributed by atoms with E-state index < -0.39 is 0 Å². The van der Waals surface area contributed by atoms with Gasteiger partial charge in [0.2, 0.25) is 0 Å². The molecule has 0 amide bonds. The number of hydrogen-bond acceptors (Lipinski definition) is 2. The molecule has 2 aromatic rings. The van der Waals surface area contributed by atoms with E-state index in [-0.39, 0.29) is 0 Å². The fraction of sp³-hybridized carbons (Fsp3) is 0.143. The van der Waals surface area contributed by atoms with Crippen molar-refractivity contribution in [1.82, 2.24) is 0 Å². The smallest absolute Gasteiger partial charge is 0.163 e. The maximum atomic E-state index is 5.92. The van der Waals surface area contributed by atoms with Crippen LogP contribution < -0.4 is 9.47 Å². The molecule has 17 heavy (non-hydrogen) atoms. The molecule has 0 N–H and O–H groups in total. The molecule has 3 heteroatoms. The van der Waals surface area contributed by atoms with Gasteiger partial charge in [-0.15, -0.1) is 0 Å². The largest absolute Gasteiger partial charge is 0.493 e. The third-order valence-corrected chi connectivity index (χ3v) is 2.60. The number of ether oxygens (including phenoxy) is 2. The molecular formula is C14H13ClO2. The van der Waals surface area contributed by atoms with Gasteiger partial charge < -0.3 is 9.47 Å². The van der Waals surface area contributed by atoms with Crippen molar-refractivity contribution < 1.29 is 9.47 Å². The van der Waals surface area contributed by atoms with Crippen LogP contribution in [0.15, 0.2) is 48.5 Å². The van der Waals surface area contributed by atoms with Crippen LogP contribution in [-0.2, 0) is 6.61 Å². The van der Waals surface area contributed by atoms with Gasteiger partial charge in [-0.05, 0) is 17.7 Å². The van der Waals surface area contributed by atoms with Gasteiger partial charge >= 0.3 is 0 Å². The van der Waals surface area contributed by atoms with E-state index >= 15 is 0 Å². The average molecular weight is 249 g/mol. The van der Waals surface area contributed by atoms with Crippen LogP contribution in [-0.4, -0.2) is 7.11 Å². The second-order valence-corrected chi connectivity index (χ2v) is 4.01. The summed E-state index contributed by atoms with van der Waals surface area (Å²) in [4.78, 5) is 0. The summed E-state index contributed by atoms with van der Waals surface area (Å²) in [7, 11) is 1.61. The minimum absolute atomic E-state index is 0.498. The van der Waals surface area contributed by atoms with E-state index in [0.717, 1.165) is 5.56 Å². The monoisotopic (exact) mass is 248 g/mol. The van der Waals surface area contributed by atoms with Crippen LogP contribution in [0.2, 0.25) is 5.02 Å². The summed E-state index contributed by atoms with van der Waals surface area (Å²) in [6.07, 6.45) is 0. The second kappa shape index (κ2) is 5.60. The summed E-state index contributed by atoms with van der Waals surface area (Å²) in [6, 6.07) is 15.3. The highest BCUT2D eigenvalue weighted by atomic mass is 35.5. The minimum Gasteiger partial charge on any atom is -0.493 e. The van der Waals surface area contributed by atoms with Crippen molar-refractivity contribution >= 4 is 11.6 Å². The van der Waals surface area contributed by atoms with Gasteiger partial charge in [0.05, 0.1) is 7.11 Å². The Balaban J connectivity index is 2.11. The first-order valence-corrected chi connectivity index (χ1v) is 5.67. The molecule has 0 aromatic heterocycles. The average Bonchev–Trinajstić information content (AvgIpc) is 2.38. The van der Waals surface area contributed by atoms with Gasteiger partial charge in [-0.25, -0.2) is 0 Å². The molecule has 0 aliphatic rings. The molecule has 2 aromatic carbocycles. The van der Waals surface area contributed by atoms with Crippen molar-refractivity contribution in [2.24, 2.45) is 0 Å². The van der Waals surface area contributed by atoms with Crippen molar-refractivity contribution in [2.45, 2.75) is 6.61 Å². The van der Waals surface area contributed by atoms with Gasteiger partial charge in [-0.3, -0.25) is 0 Å². The fourth-order valence-electron chi connectivity index (χ4n) is 1.50. The molecule has 0 saturated carbocycles. The standard InChI is InChI=1S/C14H13ClO2/c1-16-13-8-7-12(15)9-14(13)17-10-11-5-3-2-4-6-11/h2-9H,10H2,1H3. The van der Waals surface area contributed by atoms with Crippen molar-refractivity contribution in [3.8, 4) is 11.5 Å². The van der Waals surface area contributed by atoms with E-state index in [2.05, 4.69) is 0 Å². The molecule has 0 spiro atoms. The molecule has 0 bridgehead atoms. The van der Waals surface area contributed by atoms with Gasteiger partial charge in [0.25, 0.3) is 0 Å². The molecule has 0 aliphatic carbocycles. The normalized spacial score (nSPS) is 10.0. The molecule has 0 saturated heterocycles. The van der Waals surface area contributed by atoms with Crippen LogP contribution in [0.1, 0.15) is 5.56 Å². The Kier molecular flexibility index (Phi) is 3.89. The third-order valence-electron chi connectivity index (χ3n) is 2.36. The number of halogens is 1. The quantitative estimate of drug-likeness (QED) is 0.816. The highest BCUT2D eigenvalue weighted by molar-refractivity contribution is 6.30. The summed E-state index contributed by atoms with van der Waals surface area (Å²) in [5.74, 6) is 1.34. The van der Waals surface area contributed by atoms with Crippen molar-refractivity contribution in [1.29, 1.82) is 0 Å². The van der Waals surface area contributed by atoms with E-state index in [9.17, 15) is 0 Å². The highest BCUT2D eigenvalue weighted by Crippen LogP contribution is 2.30. The molecule has 0 radical (unpaired) electrons. The Morgan fingerprint density at radius 2 is 1.76 bits per heavy atom. The minimum atomic E-state index is 0.498. The van der Waals surface area contributed by atoms with E-state index in [0.29, 0.717) is 23.1 Å². The van der Waals surface area contributed by atoms with Crippen molar-refractivity contribution in [2.75, 3.05) is 7.11 Å². The van der Waals surface area contributed by atoms with E-state index in [1.807, 2.05) is 30.3 Å². The summed E-state index contributed by atoms with van der Waals surface area (Å²) < 4.78 is 10.9. The van der Waals surface area contributed by atoms with Crippen LogP contribution >= 0.6 is 11.6 Å². The van der Waals surface area contributed by atoms with Gasteiger partial charge in [0.1, 0.15) is 6.61 Å². The Hall–Kier alpha value is -1.67. The third kappa shape index (κ3) is 3.14. The lowest BCUT2D eigenvalue weighted by Crippen LogP contribution is -1.97. The number of methoxy groups -OCH3 is 1. The lowest BCUT2D eigenvalue weighted by atomic mass is 10.2. The first kappa shape index (κ1) is 11.8. The molecule has 0 fully saturated rings. The zero-order valence-corrected chi connectivity index (χ0v) is 10.3. The molecular weight excluding hydrogens is 236 g/mol. The fourth-order valence-corrected chi connectivity index (χ4v) is 1.66. The lowest BCUT2D eigenvalue weighted by Gasteiger charge is -2.10. The van der Waals surface area contributed by atoms with Crippen LogP contribution in [0.3, 0.4) is 0 Å². The molecule has 88 valence electrons. The highest BCUT2D eigenvalue weighted by Gasteiger charge is 2.05. The summed E-state index contributed by atoms with van der Waals surface area (Å²) in [6.45, 7) is 0.498. The summed E-state index contributed by atoms with van der Waals surface area (Å²) >= 11 is 5.92. The zero-order chi connectivity index (χ0) is 12.1. The molecule has 2 nitrogen and oxygen atoms in total. The molecule has 0 heterocycles.